The summed E-state index contributed by atoms with van der Waals surface area (Å²) in [6, 6.07) is 0. The molecule has 5 aliphatic heterocycles. The first-order chi connectivity index (χ1) is 23.9. The van der Waals surface area contributed by atoms with Crippen molar-refractivity contribution in [3.63, 3.8) is 0 Å². The van der Waals surface area contributed by atoms with Gasteiger partial charge in [0.25, 0.3) is 11.9 Å². The third-order valence-corrected chi connectivity index (χ3v) is 15.4. The van der Waals surface area contributed by atoms with Crippen LogP contribution < -0.4 is 42.5 Å². The summed E-state index contributed by atoms with van der Waals surface area (Å²) in [6.07, 6.45) is 25.6. The van der Waals surface area contributed by atoms with Crippen LogP contribution in [-0.4, -0.2) is 71.3 Å². The molecule has 276 valence electrons. The molecule has 9 rings (SSSR count). The zero-order valence-electron chi connectivity index (χ0n) is 29.9. The summed E-state index contributed by atoms with van der Waals surface area (Å²) in [5, 5.41) is 33.8. The van der Waals surface area contributed by atoms with Crippen molar-refractivity contribution in [2.24, 2.45) is 47.3 Å². The Kier molecular flexibility index (Phi) is 11.0. The Bertz CT molecular complexity index is 948. The zero-order valence-corrected chi connectivity index (χ0v) is 31.3. The molecule has 8 bridgehead atoms. The third kappa shape index (κ3) is 7.40. The molecular formula is C36H64N8O4Si. The van der Waals surface area contributed by atoms with E-state index < -0.39 is 21.9 Å². The number of hydrogen-bond acceptors (Lipinski definition) is 12. The fourth-order valence-corrected chi connectivity index (χ4v) is 12.6. The lowest BCUT2D eigenvalue weighted by Gasteiger charge is -2.35. The van der Waals surface area contributed by atoms with Gasteiger partial charge in [-0.1, -0.05) is 51.4 Å². The van der Waals surface area contributed by atoms with Crippen LogP contribution in [0.2, 0.25) is 0 Å². The Labute approximate surface area is 295 Å². The number of nitrogens with one attached hydrogen (secondary N) is 8. The molecule has 0 aromatic rings. The van der Waals surface area contributed by atoms with E-state index in [4.69, 9.17) is 0 Å². The topological polar surface area (TPSA) is 149 Å². The molecule has 9 aliphatic rings. The number of fused-ring (bicyclic) bond motifs is 20. The largest absolute Gasteiger partial charge is 0.490 e. The monoisotopic (exact) mass is 700 g/mol. The van der Waals surface area contributed by atoms with Gasteiger partial charge in [0.15, 0.2) is 0 Å². The fraction of sp³-hybridized carbons (Fsp3) is 0.944. The van der Waals surface area contributed by atoms with Gasteiger partial charge in [0, 0.05) is 13.8 Å². The normalized spacial score (nSPS) is 48.5. The van der Waals surface area contributed by atoms with Gasteiger partial charge in [-0.25, -0.2) is 0 Å². The summed E-state index contributed by atoms with van der Waals surface area (Å²) >= 11 is 0. The zero-order chi connectivity index (χ0) is 33.5. The van der Waals surface area contributed by atoms with E-state index in [1.165, 1.54) is 117 Å². The average molecular weight is 701 g/mol. The van der Waals surface area contributed by atoms with E-state index >= 15 is 0 Å². The Morgan fingerprint density at radius 3 is 0.673 bits per heavy atom. The molecule has 12 nitrogen and oxygen atoms in total. The first kappa shape index (κ1) is 34.9. The highest BCUT2D eigenvalue weighted by atomic mass is 28.3. The molecule has 5 saturated heterocycles. The molecular weight excluding hydrogens is 637 g/mol. The molecule has 4 aliphatic carbocycles. The van der Waals surface area contributed by atoms with Crippen molar-refractivity contribution in [1.82, 2.24) is 42.5 Å². The van der Waals surface area contributed by atoms with Crippen LogP contribution in [-0.2, 0) is 18.4 Å². The maximum atomic E-state index is 10.0. The second-order valence-corrected chi connectivity index (χ2v) is 17.8. The van der Waals surface area contributed by atoms with Gasteiger partial charge in [0.2, 0.25) is 0 Å². The van der Waals surface area contributed by atoms with Crippen LogP contribution in [0.1, 0.15) is 117 Å². The summed E-state index contributed by atoms with van der Waals surface area (Å²) in [4.78, 5) is 20.1. The van der Waals surface area contributed by atoms with Gasteiger partial charge < -0.3 is 8.85 Å². The maximum Gasteiger partial charge on any atom is 0.431 e. The van der Waals surface area contributed by atoms with Crippen molar-refractivity contribution >= 4 is 21.9 Å². The van der Waals surface area contributed by atoms with Gasteiger partial charge in [-0.05, 0) is 98.7 Å². The quantitative estimate of drug-likeness (QED) is 0.199. The average Bonchev–Trinajstić information content (AvgIpc) is 3.84. The molecule has 5 heterocycles. The van der Waals surface area contributed by atoms with Crippen molar-refractivity contribution in [2.45, 2.75) is 166 Å². The fourth-order valence-electron chi connectivity index (χ4n) is 12.2. The molecule has 0 aromatic carbocycles. The third-order valence-electron chi connectivity index (χ3n) is 14.3. The van der Waals surface area contributed by atoms with E-state index in [2.05, 4.69) is 51.4 Å². The Morgan fingerprint density at radius 2 is 0.531 bits per heavy atom. The Morgan fingerprint density at radius 1 is 0.367 bits per heavy atom. The van der Waals surface area contributed by atoms with Gasteiger partial charge in [0.1, 0.15) is 0 Å². The lowest BCUT2D eigenvalue weighted by molar-refractivity contribution is -0.136. The van der Waals surface area contributed by atoms with E-state index in [9.17, 15) is 9.59 Å². The van der Waals surface area contributed by atoms with E-state index in [0.717, 1.165) is 47.3 Å². The molecule has 0 aromatic heterocycles. The van der Waals surface area contributed by atoms with Crippen molar-refractivity contribution < 1.29 is 18.4 Å². The SMILES string of the molecule is C1CCC2C3NC(NC4NC(NC5NC(NC6NC(N3)C3CCCCC63)C3CCCCC53)C3CCCCC43)C2C1.CC(=O)O[SiH2]OC(C)=O. The first-order valence-electron chi connectivity index (χ1n) is 20.3. The summed E-state index contributed by atoms with van der Waals surface area (Å²) in [6.45, 7) is 2.55. The second-order valence-electron chi connectivity index (χ2n) is 17.0. The van der Waals surface area contributed by atoms with Crippen LogP contribution in [0.15, 0.2) is 0 Å². The summed E-state index contributed by atoms with van der Waals surface area (Å²) in [5.41, 5.74) is 0. The number of rotatable bonds is 2. The lowest BCUT2D eigenvalue weighted by atomic mass is 9.76. The highest BCUT2D eigenvalue weighted by Crippen LogP contribution is 2.45. The van der Waals surface area contributed by atoms with Gasteiger partial charge in [0.05, 0.1) is 49.3 Å². The van der Waals surface area contributed by atoms with Crippen LogP contribution in [0.3, 0.4) is 0 Å². The van der Waals surface area contributed by atoms with Crippen LogP contribution in [0.25, 0.3) is 0 Å². The summed E-state index contributed by atoms with van der Waals surface area (Å²) in [7, 11) is -1.38. The van der Waals surface area contributed by atoms with Crippen molar-refractivity contribution in [3.8, 4) is 0 Å². The standard InChI is InChI=1S/C32H56N8.C4H8O4Si/c1-2-10-18-17(9-1)25-33-26(18)38-28-21-13-5-6-14-22(21)30(35-28)40-32-24-16-8-7-15-23(24)31(36-32)39-29-20-12-4-3-11-19(20)27(34-29)37-25;1-3(5)7-9-8-4(2)6/h17-40H,1-16H2;9H2,1-2H3. The van der Waals surface area contributed by atoms with Gasteiger partial charge >= 0.3 is 10.0 Å². The highest BCUT2D eigenvalue weighted by Gasteiger charge is 2.54. The van der Waals surface area contributed by atoms with Gasteiger partial charge in [-0.2, -0.15) is 0 Å². The van der Waals surface area contributed by atoms with Crippen LogP contribution in [0.5, 0.6) is 0 Å². The first-order valence-corrected chi connectivity index (χ1v) is 21.4. The minimum absolute atomic E-state index is 0.400. The molecule has 4 saturated carbocycles. The predicted molar refractivity (Wildman–Crippen MR) is 189 cm³/mol. The van der Waals surface area contributed by atoms with E-state index in [1.54, 1.807) is 0 Å². The lowest BCUT2D eigenvalue weighted by Crippen LogP contribution is -2.61. The molecule has 8 atom stereocenters. The molecule has 0 spiro atoms. The smallest absolute Gasteiger partial charge is 0.431 e. The molecule has 13 heteroatoms. The number of carbonyl (C=O) groups excluding carboxylic acids is 2. The molecule has 0 amide bonds. The Hall–Kier alpha value is -1.16. The molecule has 9 fully saturated rings. The van der Waals surface area contributed by atoms with Crippen molar-refractivity contribution in [2.75, 3.05) is 0 Å². The van der Waals surface area contributed by atoms with Crippen LogP contribution in [0.4, 0.5) is 0 Å². The minimum Gasteiger partial charge on any atom is -0.490 e. The maximum absolute atomic E-state index is 10.0. The number of carbonyl (C=O) groups is 2. The molecule has 0 radical (unpaired) electrons. The Balaban J connectivity index is 0.000000344. The molecule has 8 unspecified atom stereocenters. The summed E-state index contributed by atoms with van der Waals surface area (Å²) < 4.78 is 8.82. The van der Waals surface area contributed by atoms with E-state index in [1.807, 2.05) is 0 Å². The van der Waals surface area contributed by atoms with Crippen molar-refractivity contribution in [3.05, 3.63) is 0 Å². The van der Waals surface area contributed by atoms with Crippen LogP contribution in [0, 0.1) is 47.3 Å². The highest BCUT2D eigenvalue weighted by molar-refractivity contribution is 6.25. The van der Waals surface area contributed by atoms with Gasteiger partial charge in [-0.15, -0.1) is 0 Å². The van der Waals surface area contributed by atoms with Gasteiger partial charge in [-0.3, -0.25) is 52.1 Å². The molecule has 8 N–H and O–H groups in total. The number of hydrogen-bond donors (Lipinski definition) is 8. The molecule has 49 heavy (non-hydrogen) atoms. The minimum atomic E-state index is -1.38. The van der Waals surface area contributed by atoms with E-state index in [0.29, 0.717) is 49.3 Å². The van der Waals surface area contributed by atoms with Crippen LogP contribution >= 0.6 is 0 Å². The van der Waals surface area contributed by atoms with E-state index in [-0.39, 0.29) is 0 Å². The summed E-state index contributed by atoms with van der Waals surface area (Å²) in [5.74, 6) is 5.17. The van der Waals surface area contributed by atoms with Crippen molar-refractivity contribution in [1.29, 1.82) is 0 Å². The second kappa shape index (κ2) is 15.4. The predicted octanol–water partition coefficient (Wildman–Crippen LogP) is 1.72.